The van der Waals surface area contributed by atoms with Gasteiger partial charge in [0.05, 0.1) is 5.69 Å². The lowest BCUT2D eigenvalue weighted by atomic mass is 10.1. The molecule has 5 heteroatoms. The molecule has 94 valence electrons. The Bertz CT molecular complexity index is 398. The number of amides is 1. The largest absolute Gasteiger partial charge is 0.384 e. The number of ether oxygens (including phenoxy) is 1. The summed E-state index contributed by atoms with van der Waals surface area (Å²) in [7, 11) is 1.60. The predicted octanol–water partition coefficient (Wildman–Crippen LogP) is 3.20. The van der Waals surface area contributed by atoms with Gasteiger partial charge in [-0.05, 0) is 40.0 Å². The Kier molecular flexibility index (Phi) is 5.58. The molecule has 0 spiro atoms. The highest BCUT2D eigenvalue weighted by Crippen LogP contribution is 2.23. The van der Waals surface area contributed by atoms with Crippen molar-refractivity contribution < 1.29 is 13.9 Å². The molecule has 0 bridgehead atoms. The highest BCUT2D eigenvalue weighted by Gasteiger charge is 2.10. The first-order valence-electron chi connectivity index (χ1n) is 5.26. The number of carbonyl (C=O) groups is 1. The first kappa shape index (κ1) is 14.1. The lowest BCUT2D eigenvalue weighted by molar-refractivity contribution is -0.117. The lowest BCUT2D eigenvalue weighted by Gasteiger charge is -2.11. The van der Waals surface area contributed by atoms with E-state index in [0.717, 1.165) is 0 Å². The number of anilines is 1. The third kappa shape index (κ3) is 4.83. The zero-order valence-electron chi connectivity index (χ0n) is 9.80. The van der Waals surface area contributed by atoms with Crippen LogP contribution in [-0.4, -0.2) is 19.6 Å². The third-order valence-electron chi connectivity index (χ3n) is 2.19. The number of hydrogen-bond acceptors (Lipinski definition) is 2. The van der Waals surface area contributed by atoms with Crippen LogP contribution in [0, 0.1) is 11.7 Å². The number of benzene rings is 1. The van der Waals surface area contributed by atoms with Gasteiger partial charge in [-0.3, -0.25) is 4.79 Å². The summed E-state index contributed by atoms with van der Waals surface area (Å²) >= 11 is 3.19. The van der Waals surface area contributed by atoms with Crippen molar-refractivity contribution in [2.75, 3.05) is 19.0 Å². The fourth-order valence-electron chi connectivity index (χ4n) is 1.45. The molecular formula is C12H15BrFNO2. The zero-order valence-corrected chi connectivity index (χ0v) is 11.4. The second kappa shape index (κ2) is 6.71. The molecule has 0 aliphatic heterocycles. The number of hydrogen-bond donors (Lipinski definition) is 1. The van der Waals surface area contributed by atoms with Crippen molar-refractivity contribution in [3.05, 3.63) is 28.5 Å². The normalized spacial score (nSPS) is 12.2. The Hall–Kier alpha value is -0.940. The molecule has 0 saturated carbocycles. The van der Waals surface area contributed by atoms with Gasteiger partial charge >= 0.3 is 0 Å². The summed E-state index contributed by atoms with van der Waals surface area (Å²) < 4.78 is 18.3. The molecule has 1 aromatic carbocycles. The van der Waals surface area contributed by atoms with Crippen LogP contribution in [0.2, 0.25) is 0 Å². The number of rotatable bonds is 5. The molecule has 0 radical (unpaired) electrons. The van der Waals surface area contributed by atoms with E-state index >= 15 is 0 Å². The summed E-state index contributed by atoms with van der Waals surface area (Å²) in [6, 6.07) is 4.14. The molecule has 0 saturated heterocycles. The standard InChI is InChI=1S/C12H15BrFNO2/c1-8(7-17-2)5-12(16)15-11-4-3-9(14)6-10(11)13/h3-4,6,8H,5,7H2,1-2H3,(H,15,16). The summed E-state index contributed by atoms with van der Waals surface area (Å²) in [5.74, 6) is -0.302. The first-order chi connectivity index (χ1) is 8.02. The molecule has 1 amide bonds. The molecule has 1 N–H and O–H groups in total. The van der Waals surface area contributed by atoms with Gasteiger partial charge in [0.1, 0.15) is 5.82 Å². The fraction of sp³-hybridized carbons (Fsp3) is 0.417. The van der Waals surface area contributed by atoms with E-state index < -0.39 is 0 Å². The molecule has 0 heterocycles. The molecule has 3 nitrogen and oxygen atoms in total. The monoisotopic (exact) mass is 303 g/mol. The van der Waals surface area contributed by atoms with Crippen molar-refractivity contribution in [3.63, 3.8) is 0 Å². The molecule has 1 unspecified atom stereocenters. The van der Waals surface area contributed by atoms with Gasteiger partial charge in [-0.25, -0.2) is 4.39 Å². The maximum Gasteiger partial charge on any atom is 0.224 e. The van der Waals surface area contributed by atoms with Crippen molar-refractivity contribution in [2.24, 2.45) is 5.92 Å². The van der Waals surface area contributed by atoms with Gasteiger partial charge in [0, 0.05) is 24.6 Å². The Balaban J connectivity index is 2.56. The van der Waals surface area contributed by atoms with Crippen LogP contribution in [0.1, 0.15) is 13.3 Å². The Labute approximate surface area is 108 Å². The lowest BCUT2D eigenvalue weighted by Crippen LogP contribution is -2.17. The highest BCUT2D eigenvalue weighted by atomic mass is 79.9. The van der Waals surface area contributed by atoms with E-state index in [9.17, 15) is 9.18 Å². The molecule has 0 fully saturated rings. The molecule has 0 aliphatic rings. The molecular weight excluding hydrogens is 289 g/mol. The van der Waals surface area contributed by atoms with Crippen molar-refractivity contribution in [2.45, 2.75) is 13.3 Å². The number of nitrogens with one attached hydrogen (secondary N) is 1. The van der Waals surface area contributed by atoms with E-state index in [1.165, 1.54) is 18.2 Å². The van der Waals surface area contributed by atoms with Gasteiger partial charge in [0.15, 0.2) is 0 Å². The third-order valence-corrected chi connectivity index (χ3v) is 2.85. The Morgan fingerprint density at radius 2 is 2.29 bits per heavy atom. The summed E-state index contributed by atoms with van der Waals surface area (Å²) in [5.41, 5.74) is 0.570. The van der Waals surface area contributed by atoms with Crippen molar-refractivity contribution in [1.29, 1.82) is 0 Å². The van der Waals surface area contributed by atoms with E-state index in [4.69, 9.17) is 4.74 Å². The van der Waals surface area contributed by atoms with Crippen LogP contribution in [0.15, 0.2) is 22.7 Å². The minimum Gasteiger partial charge on any atom is -0.384 e. The van der Waals surface area contributed by atoms with E-state index in [1.807, 2.05) is 6.92 Å². The fourth-order valence-corrected chi connectivity index (χ4v) is 1.90. The van der Waals surface area contributed by atoms with E-state index in [1.54, 1.807) is 7.11 Å². The van der Waals surface area contributed by atoms with Crippen LogP contribution in [0.25, 0.3) is 0 Å². The quantitative estimate of drug-likeness (QED) is 0.907. The van der Waals surface area contributed by atoms with Crippen molar-refractivity contribution in [1.82, 2.24) is 0 Å². The summed E-state index contributed by atoms with van der Waals surface area (Å²) in [4.78, 5) is 11.7. The van der Waals surface area contributed by atoms with Gasteiger partial charge < -0.3 is 10.1 Å². The number of carbonyl (C=O) groups excluding carboxylic acids is 1. The van der Waals surface area contributed by atoms with Crippen LogP contribution in [0.3, 0.4) is 0 Å². The van der Waals surface area contributed by atoms with Gasteiger partial charge in [0.25, 0.3) is 0 Å². The minimum absolute atomic E-state index is 0.109. The summed E-state index contributed by atoms with van der Waals surface area (Å²) in [6.07, 6.45) is 0.373. The van der Waals surface area contributed by atoms with Gasteiger partial charge in [-0.1, -0.05) is 6.92 Å². The molecule has 1 rings (SSSR count). The van der Waals surface area contributed by atoms with Crippen molar-refractivity contribution in [3.8, 4) is 0 Å². The second-order valence-corrected chi connectivity index (χ2v) is 4.79. The van der Waals surface area contributed by atoms with E-state index in [-0.39, 0.29) is 17.6 Å². The van der Waals surface area contributed by atoms with Crippen LogP contribution < -0.4 is 5.32 Å². The van der Waals surface area contributed by atoms with Crippen LogP contribution >= 0.6 is 15.9 Å². The zero-order chi connectivity index (χ0) is 12.8. The molecule has 0 aliphatic carbocycles. The molecule has 0 aromatic heterocycles. The van der Waals surface area contributed by atoms with Crippen LogP contribution in [-0.2, 0) is 9.53 Å². The molecule has 1 aromatic rings. The maximum absolute atomic E-state index is 12.8. The SMILES string of the molecule is COCC(C)CC(=O)Nc1ccc(F)cc1Br. The van der Waals surface area contributed by atoms with Crippen LogP contribution in [0.4, 0.5) is 10.1 Å². The minimum atomic E-state index is -0.345. The topological polar surface area (TPSA) is 38.3 Å². The van der Waals surface area contributed by atoms with Gasteiger partial charge in [0.2, 0.25) is 5.91 Å². The van der Waals surface area contributed by atoms with Gasteiger partial charge in [-0.15, -0.1) is 0 Å². The number of halogens is 2. The first-order valence-corrected chi connectivity index (χ1v) is 6.06. The highest BCUT2D eigenvalue weighted by molar-refractivity contribution is 9.10. The molecule has 17 heavy (non-hydrogen) atoms. The maximum atomic E-state index is 12.8. The summed E-state index contributed by atoms with van der Waals surface area (Å²) in [6.45, 7) is 2.47. The van der Waals surface area contributed by atoms with Crippen LogP contribution in [0.5, 0.6) is 0 Å². The second-order valence-electron chi connectivity index (χ2n) is 3.94. The number of methoxy groups -OCH3 is 1. The van der Waals surface area contributed by atoms with E-state index in [2.05, 4.69) is 21.2 Å². The van der Waals surface area contributed by atoms with Gasteiger partial charge in [-0.2, -0.15) is 0 Å². The molecule has 1 atom stereocenters. The average molecular weight is 304 g/mol. The van der Waals surface area contributed by atoms with Crippen molar-refractivity contribution >= 4 is 27.5 Å². The Morgan fingerprint density at radius 3 is 2.88 bits per heavy atom. The smallest absolute Gasteiger partial charge is 0.224 e. The average Bonchev–Trinajstić information content (AvgIpc) is 2.22. The predicted molar refractivity (Wildman–Crippen MR) is 68.4 cm³/mol. The van der Waals surface area contributed by atoms with E-state index in [0.29, 0.717) is 23.2 Å². The summed E-state index contributed by atoms with van der Waals surface area (Å²) in [5, 5.41) is 2.72. The Morgan fingerprint density at radius 1 is 1.59 bits per heavy atom.